The molecule has 1 heterocycles. The van der Waals surface area contributed by atoms with Gasteiger partial charge in [0, 0.05) is 23.2 Å². The maximum Gasteiger partial charge on any atom is 0.123 e. The van der Waals surface area contributed by atoms with E-state index in [0.29, 0.717) is 0 Å². The Morgan fingerprint density at radius 2 is 2.24 bits per heavy atom. The predicted molar refractivity (Wildman–Crippen MR) is 89.2 cm³/mol. The summed E-state index contributed by atoms with van der Waals surface area (Å²) in [4.78, 5) is 2.62. The Labute approximate surface area is 133 Å². The molecule has 3 nitrogen and oxygen atoms in total. The van der Waals surface area contributed by atoms with E-state index in [9.17, 15) is 0 Å². The second-order valence-corrected chi connectivity index (χ2v) is 6.30. The molecule has 0 radical (unpaired) electrons. The summed E-state index contributed by atoms with van der Waals surface area (Å²) in [6.07, 6.45) is 5.29. The molecule has 1 aliphatic rings. The van der Waals surface area contributed by atoms with Crippen LogP contribution in [0.1, 0.15) is 38.2 Å². The van der Waals surface area contributed by atoms with Crippen molar-refractivity contribution in [1.29, 1.82) is 0 Å². The molecule has 2 rings (SSSR count). The van der Waals surface area contributed by atoms with Gasteiger partial charge in [-0.05, 0) is 64.0 Å². The number of benzene rings is 1. The predicted octanol–water partition coefficient (Wildman–Crippen LogP) is 3.70. The minimum Gasteiger partial charge on any atom is -0.496 e. The molecule has 1 N–H and O–H groups in total. The molecule has 1 aromatic carbocycles. The van der Waals surface area contributed by atoms with Crippen LogP contribution in [0.2, 0.25) is 5.02 Å². The summed E-state index contributed by atoms with van der Waals surface area (Å²) in [6, 6.07) is 6.52. The SMILES string of the molecule is COc1ccc(Cl)cc1CNCCCN1CCCCC1C. The molecule has 0 aliphatic carbocycles. The lowest BCUT2D eigenvalue weighted by Gasteiger charge is -2.33. The van der Waals surface area contributed by atoms with E-state index in [-0.39, 0.29) is 0 Å². The number of rotatable bonds is 7. The molecule has 0 aromatic heterocycles. The first-order valence-corrected chi connectivity index (χ1v) is 8.35. The summed E-state index contributed by atoms with van der Waals surface area (Å²) in [5, 5.41) is 4.25. The molecule has 1 fully saturated rings. The van der Waals surface area contributed by atoms with Crippen LogP contribution in [-0.2, 0) is 6.54 Å². The summed E-state index contributed by atoms with van der Waals surface area (Å²) < 4.78 is 5.36. The highest BCUT2D eigenvalue weighted by atomic mass is 35.5. The van der Waals surface area contributed by atoms with Gasteiger partial charge in [0.2, 0.25) is 0 Å². The summed E-state index contributed by atoms with van der Waals surface area (Å²) in [5.41, 5.74) is 1.12. The quantitative estimate of drug-likeness (QED) is 0.777. The van der Waals surface area contributed by atoms with Gasteiger partial charge in [-0.1, -0.05) is 18.0 Å². The van der Waals surface area contributed by atoms with Crippen molar-refractivity contribution >= 4 is 11.6 Å². The Balaban J connectivity index is 1.69. The van der Waals surface area contributed by atoms with Gasteiger partial charge >= 0.3 is 0 Å². The molecule has 1 saturated heterocycles. The number of nitrogens with one attached hydrogen (secondary N) is 1. The van der Waals surface area contributed by atoms with Crippen LogP contribution in [0.5, 0.6) is 5.75 Å². The van der Waals surface area contributed by atoms with Gasteiger partial charge in [0.25, 0.3) is 0 Å². The Kier molecular flexibility index (Phi) is 6.81. The molecule has 21 heavy (non-hydrogen) atoms. The van der Waals surface area contributed by atoms with E-state index in [1.165, 1.54) is 38.8 Å². The van der Waals surface area contributed by atoms with Crippen LogP contribution in [0.3, 0.4) is 0 Å². The van der Waals surface area contributed by atoms with Gasteiger partial charge in [-0.2, -0.15) is 0 Å². The Hall–Kier alpha value is -0.770. The van der Waals surface area contributed by atoms with E-state index in [1.54, 1.807) is 7.11 Å². The molecule has 1 aliphatic heterocycles. The van der Waals surface area contributed by atoms with Crippen molar-refractivity contribution in [2.45, 2.75) is 45.2 Å². The largest absolute Gasteiger partial charge is 0.496 e. The first-order chi connectivity index (χ1) is 10.2. The number of hydrogen-bond donors (Lipinski definition) is 1. The molecule has 0 bridgehead atoms. The fraction of sp³-hybridized carbons (Fsp3) is 0.647. The monoisotopic (exact) mass is 310 g/mol. The lowest BCUT2D eigenvalue weighted by atomic mass is 10.0. The maximum atomic E-state index is 6.04. The number of halogens is 1. The number of piperidine rings is 1. The Morgan fingerprint density at radius 3 is 3.00 bits per heavy atom. The van der Waals surface area contributed by atoms with Gasteiger partial charge in [-0.15, -0.1) is 0 Å². The van der Waals surface area contributed by atoms with Gasteiger partial charge in [-0.3, -0.25) is 0 Å². The van der Waals surface area contributed by atoms with E-state index >= 15 is 0 Å². The van der Waals surface area contributed by atoms with Crippen LogP contribution in [0.4, 0.5) is 0 Å². The average Bonchev–Trinajstić information content (AvgIpc) is 2.49. The van der Waals surface area contributed by atoms with Gasteiger partial charge in [0.05, 0.1) is 7.11 Å². The molecule has 4 heteroatoms. The van der Waals surface area contributed by atoms with Crippen LogP contribution in [-0.4, -0.2) is 37.7 Å². The van der Waals surface area contributed by atoms with Crippen LogP contribution in [0.15, 0.2) is 18.2 Å². The van der Waals surface area contributed by atoms with Crippen molar-refractivity contribution in [3.8, 4) is 5.75 Å². The summed E-state index contributed by atoms with van der Waals surface area (Å²) in [7, 11) is 1.70. The lowest BCUT2D eigenvalue weighted by molar-refractivity contribution is 0.159. The molecule has 1 aromatic rings. The van der Waals surface area contributed by atoms with Crippen molar-refractivity contribution in [2.75, 3.05) is 26.7 Å². The normalized spacial score (nSPS) is 19.7. The maximum absolute atomic E-state index is 6.04. The zero-order chi connectivity index (χ0) is 15.1. The molecule has 0 spiro atoms. The number of ether oxygens (including phenoxy) is 1. The number of methoxy groups -OCH3 is 1. The zero-order valence-electron chi connectivity index (χ0n) is 13.2. The minimum absolute atomic E-state index is 0.756. The fourth-order valence-electron chi connectivity index (χ4n) is 3.01. The Bertz CT molecular complexity index is 439. The van der Waals surface area contributed by atoms with Crippen LogP contribution >= 0.6 is 11.6 Å². The van der Waals surface area contributed by atoms with E-state index in [2.05, 4.69) is 17.1 Å². The highest BCUT2D eigenvalue weighted by Crippen LogP contribution is 2.22. The van der Waals surface area contributed by atoms with Crippen molar-refractivity contribution in [2.24, 2.45) is 0 Å². The van der Waals surface area contributed by atoms with Crippen molar-refractivity contribution in [3.63, 3.8) is 0 Å². The smallest absolute Gasteiger partial charge is 0.123 e. The summed E-state index contributed by atoms with van der Waals surface area (Å²) in [5.74, 6) is 0.900. The van der Waals surface area contributed by atoms with Gasteiger partial charge < -0.3 is 15.0 Å². The third kappa shape index (κ3) is 5.17. The second-order valence-electron chi connectivity index (χ2n) is 5.87. The number of nitrogens with zero attached hydrogens (tertiary/aromatic N) is 1. The van der Waals surface area contributed by atoms with Crippen molar-refractivity contribution in [1.82, 2.24) is 10.2 Å². The second kappa shape index (κ2) is 8.62. The summed E-state index contributed by atoms with van der Waals surface area (Å²) >= 11 is 6.04. The standard InChI is InChI=1S/C17H27ClN2O/c1-14-6-3-4-10-20(14)11-5-9-19-13-15-12-16(18)7-8-17(15)21-2/h7-8,12,14,19H,3-6,9-11,13H2,1-2H3. The highest BCUT2D eigenvalue weighted by molar-refractivity contribution is 6.30. The van der Waals surface area contributed by atoms with Gasteiger partial charge in [0.15, 0.2) is 0 Å². The van der Waals surface area contributed by atoms with E-state index < -0.39 is 0 Å². The molecule has 1 unspecified atom stereocenters. The molecule has 0 amide bonds. The third-order valence-corrected chi connectivity index (χ3v) is 4.53. The van der Waals surface area contributed by atoms with Crippen LogP contribution in [0, 0.1) is 0 Å². The average molecular weight is 311 g/mol. The van der Waals surface area contributed by atoms with Gasteiger partial charge in [-0.25, -0.2) is 0 Å². The number of likely N-dealkylation sites (tertiary alicyclic amines) is 1. The van der Waals surface area contributed by atoms with E-state index in [0.717, 1.165) is 35.5 Å². The third-order valence-electron chi connectivity index (χ3n) is 4.30. The molecule has 0 saturated carbocycles. The zero-order valence-corrected chi connectivity index (χ0v) is 14.0. The van der Waals surface area contributed by atoms with Crippen LogP contribution in [0.25, 0.3) is 0 Å². The van der Waals surface area contributed by atoms with Gasteiger partial charge in [0.1, 0.15) is 5.75 Å². The summed E-state index contributed by atoms with van der Waals surface area (Å²) in [6.45, 7) is 6.64. The lowest BCUT2D eigenvalue weighted by Crippen LogP contribution is -2.38. The van der Waals surface area contributed by atoms with Crippen molar-refractivity contribution < 1.29 is 4.74 Å². The Morgan fingerprint density at radius 1 is 1.38 bits per heavy atom. The first-order valence-electron chi connectivity index (χ1n) is 7.98. The molecular formula is C17H27ClN2O. The van der Waals surface area contributed by atoms with Crippen LogP contribution < -0.4 is 10.1 Å². The number of hydrogen-bond acceptors (Lipinski definition) is 3. The molecule has 118 valence electrons. The minimum atomic E-state index is 0.756. The first kappa shape index (κ1) is 16.6. The molecule has 1 atom stereocenters. The van der Waals surface area contributed by atoms with E-state index in [1.807, 2.05) is 18.2 Å². The fourth-order valence-corrected chi connectivity index (χ4v) is 3.20. The molecular weight excluding hydrogens is 284 g/mol. The van der Waals surface area contributed by atoms with Crippen molar-refractivity contribution in [3.05, 3.63) is 28.8 Å². The topological polar surface area (TPSA) is 24.5 Å². The highest BCUT2D eigenvalue weighted by Gasteiger charge is 2.16. The van der Waals surface area contributed by atoms with E-state index in [4.69, 9.17) is 16.3 Å².